The number of unbranched alkanes of at least 4 members (excludes halogenated alkanes) is 2. The van der Waals surface area contributed by atoms with Gasteiger partial charge >= 0.3 is 0 Å². The summed E-state index contributed by atoms with van der Waals surface area (Å²) in [6.07, 6.45) is 5.82. The largest absolute Gasteiger partial charge is 0.494 e. The highest BCUT2D eigenvalue weighted by Crippen LogP contribution is 2.16. The van der Waals surface area contributed by atoms with Crippen molar-refractivity contribution in [1.82, 2.24) is 0 Å². The van der Waals surface area contributed by atoms with Gasteiger partial charge in [0.25, 0.3) is 0 Å². The van der Waals surface area contributed by atoms with Crippen LogP contribution in [0.15, 0.2) is 24.3 Å². The van der Waals surface area contributed by atoms with Crippen molar-refractivity contribution in [1.29, 1.82) is 0 Å². The summed E-state index contributed by atoms with van der Waals surface area (Å²) in [5.41, 5.74) is 6.94. The summed E-state index contributed by atoms with van der Waals surface area (Å²) in [5.74, 6) is 1.65. The summed E-state index contributed by atoms with van der Waals surface area (Å²) >= 11 is 0. The Morgan fingerprint density at radius 2 is 1.89 bits per heavy atom. The minimum atomic E-state index is 0.659. The lowest BCUT2D eigenvalue weighted by Gasteiger charge is -2.11. The van der Waals surface area contributed by atoms with Gasteiger partial charge in [0.2, 0.25) is 0 Å². The van der Waals surface area contributed by atoms with Crippen molar-refractivity contribution in [2.45, 2.75) is 46.0 Å². The predicted octanol–water partition coefficient (Wildman–Crippen LogP) is 3.78. The van der Waals surface area contributed by atoms with Crippen LogP contribution in [-0.4, -0.2) is 13.2 Å². The molecule has 0 saturated heterocycles. The van der Waals surface area contributed by atoms with Gasteiger partial charge in [0.05, 0.1) is 6.61 Å². The van der Waals surface area contributed by atoms with Crippen LogP contribution in [0.3, 0.4) is 0 Å². The van der Waals surface area contributed by atoms with Crippen LogP contribution < -0.4 is 10.5 Å². The number of hydrogen-bond acceptors (Lipinski definition) is 2. The molecular weight excluding hydrogens is 222 g/mol. The first kappa shape index (κ1) is 15.0. The molecule has 0 aliphatic carbocycles. The van der Waals surface area contributed by atoms with E-state index in [1.165, 1.54) is 18.4 Å². The first-order valence-electron chi connectivity index (χ1n) is 7.18. The number of benzene rings is 1. The van der Waals surface area contributed by atoms with Gasteiger partial charge in [0.1, 0.15) is 5.75 Å². The topological polar surface area (TPSA) is 35.2 Å². The molecule has 2 heteroatoms. The maximum Gasteiger partial charge on any atom is 0.119 e. The number of rotatable bonds is 9. The fourth-order valence-corrected chi connectivity index (χ4v) is 2.05. The molecule has 0 fully saturated rings. The normalized spacial score (nSPS) is 12.4. The molecule has 0 radical (unpaired) electrons. The smallest absolute Gasteiger partial charge is 0.119 e. The number of nitrogens with two attached hydrogens (primary N) is 1. The summed E-state index contributed by atoms with van der Waals surface area (Å²) in [6, 6.07) is 8.50. The van der Waals surface area contributed by atoms with E-state index in [0.29, 0.717) is 5.92 Å². The standard InChI is InChI=1S/C16H27NO/c1-3-4-5-12-18-16-8-6-15(7-9-16)13-14(2)10-11-17/h6-9,14H,3-5,10-13,17H2,1-2H3. The predicted molar refractivity (Wildman–Crippen MR) is 78.0 cm³/mol. The van der Waals surface area contributed by atoms with Crippen LogP contribution in [0, 0.1) is 5.92 Å². The monoisotopic (exact) mass is 249 g/mol. The van der Waals surface area contributed by atoms with Crippen LogP contribution >= 0.6 is 0 Å². The molecule has 2 N–H and O–H groups in total. The van der Waals surface area contributed by atoms with Crippen molar-refractivity contribution in [3.8, 4) is 5.75 Å². The molecule has 2 nitrogen and oxygen atoms in total. The lowest BCUT2D eigenvalue weighted by molar-refractivity contribution is 0.306. The lowest BCUT2D eigenvalue weighted by Crippen LogP contribution is -2.08. The first-order chi connectivity index (χ1) is 8.76. The molecule has 1 aromatic rings. The molecule has 0 bridgehead atoms. The Hall–Kier alpha value is -1.02. The van der Waals surface area contributed by atoms with Crippen LogP contribution in [0.25, 0.3) is 0 Å². The van der Waals surface area contributed by atoms with Crippen molar-refractivity contribution in [2.75, 3.05) is 13.2 Å². The van der Waals surface area contributed by atoms with Crippen molar-refractivity contribution < 1.29 is 4.74 Å². The second-order valence-corrected chi connectivity index (χ2v) is 5.09. The van der Waals surface area contributed by atoms with Gasteiger partial charge in [-0.05, 0) is 49.4 Å². The highest BCUT2D eigenvalue weighted by molar-refractivity contribution is 5.27. The average molecular weight is 249 g/mol. The SMILES string of the molecule is CCCCCOc1ccc(CC(C)CCN)cc1. The fourth-order valence-electron chi connectivity index (χ4n) is 2.05. The molecule has 1 rings (SSSR count). The van der Waals surface area contributed by atoms with Gasteiger partial charge in [0.15, 0.2) is 0 Å². The third kappa shape index (κ3) is 6.06. The van der Waals surface area contributed by atoms with Crippen LogP contribution in [0.4, 0.5) is 0 Å². The third-order valence-electron chi connectivity index (χ3n) is 3.18. The van der Waals surface area contributed by atoms with E-state index in [-0.39, 0.29) is 0 Å². The maximum absolute atomic E-state index is 5.70. The fraction of sp³-hybridized carbons (Fsp3) is 0.625. The number of ether oxygens (including phenoxy) is 1. The Labute approximate surface area is 112 Å². The Kier molecular flexibility index (Phi) is 7.51. The summed E-state index contributed by atoms with van der Waals surface area (Å²) < 4.78 is 5.70. The maximum atomic E-state index is 5.70. The van der Waals surface area contributed by atoms with E-state index in [2.05, 4.69) is 38.1 Å². The van der Waals surface area contributed by atoms with Crippen LogP contribution in [0.5, 0.6) is 5.75 Å². The summed E-state index contributed by atoms with van der Waals surface area (Å²) in [4.78, 5) is 0. The van der Waals surface area contributed by atoms with Gasteiger partial charge < -0.3 is 10.5 Å². The second kappa shape index (κ2) is 8.98. The van der Waals surface area contributed by atoms with E-state index in [0.717, 1.165) is 38.2 Å². The molecule has 0 spiro atoms. The third-order valence-corrected chi connectivity index (χ3v) is 3.18. The Morgan fingerprint density at radius 3 is 2.50 bits per heavy atom. The van der Waals surface area contributed by atoms with Crippen LogP contribution in [-0.2, 0) is 6.42 Å². The summed E-state index contributed by atoms with van der Waals surface area (Å²) in [7, 11) is 0. The van der Waals surface area contributed by atoms with Gasteiger partial charge in [-0.1, -0.05) is 38.8 Å². The molecule has 1 unspecified atom stereocenters. The molecule has 0 aromatic heterocycles. The van der Waals surface area contributed by atoms with Crippen LogP contribution in [0.1, 0.15) is 45.1 Å². The van der Waals surface area contributed by atoms with E-state index in [4.69, 9.17) is 10.5 Å². The molecule has 0 aliphatic heterocycles. The van der Waals surface area contributed by atoms with Gasteiger partial charge in [-0.2, -0.15) is 0 Å². The van der Waals surface area contributed by atoms with E-state index >= 15 is 0 Å². The zero-order valence-corrected chi connectivity index (χ0v) is 11.8. The lowest BCUT2D eigenvalue weighted by atomic mass is 9.98. The molecule has 1 aromatic carbocycles. The van der Waals surface area contributed by atoms with E-state index in [1.54, 1.807) is 0 Å². The molecule has 0 saturated carbocycles. The van der Waals surface area contributed by atoms with E-state index < -0.39 is 0 Å². The molecule has 18 heavy (non-hydrogen) atoms. The van der Waals surface area contributed by atoms with Crippen LogP contribution in [0.2, 0.25) is 0 Å². The zero-order valence-electron chi connectivity index (χ0n) is 11.8. The summed E-state index contributed by atoms with van der Waals surface area (Å²) in [6.45, 7) is 6.07. The van der Waals surface area contributed by atoms with Gasteiger partial charge in [-0.3, -0.25) is 0 Å². The zero-order chi connectivity index (χ0) is 13.2. The number of hydrogen-bond donors (Lipinski definition) is 1. The van der Waals surface area contributed by atoms with Crippen molar-refractivity contribution in [2.24, 2.45) is 11.7 Å². The molecular formula is C16H27NO. The Morgan fingerprint density at radius 1 is 1.17 bits per heavy atom. The Balaban J connectivity index is 2.33. The molecule has 0 heterocycles. The molecule has 1 atom stereocenters. The minimum absolute atomic E-state index is 0.659. The van der Waals surface area contributed by atoms with Crippen molar-refractivity contribution >= 4 is 0 Å². The van der Waals surface area contributed by atoms with Crippen molar-refractivity contribution in [3.63, 3.8) is 0 Å². The molecule has 102 valence electrons. The minimum Gasteiger partial charge on any atom is -0.494 e. The highest BCUT2D eigenvalue weighted by Gasteiger charge is 2.03. The average Bonchev–Trinajstić information content (AvgIpc) is 2.37. The van der Waals surface area contributed by atoms with Crippen molar-refractivity contribution in [3.05, 3.63) is 29.8 Å². The second-order valence-electron chi connectivity index (χ2n) is 5.09. The Bertz CT molecular complexity index is 307. The first-order valence-corrected chi connectivity index (χ1v) is 7.18. The van der Waals surface area contributed by atoms with E-state index in [1.807, 2.05) is 0 Å². The van der Waals surface area contributed by atoms with Gasteiger partial charge in [-0.25, -0.2) is 0 Å². The summed E-state index contributed by atoms with van der Waals surface area (Å²) in [5, 5.41) is 0. The molecule has 0 amide bonds. The van der Waals surface area contributed by atoms with E-state index in [9.17, 15) is 0 Å². The highest BCUT2D eigenvalue weighted by atomic mass is 16.5. The van der Waals surface area contributed by atoms with Gasteiger partial charge in [-0.15, -0.1) is 0 Å². The molecule has 0 aliphatic rings. The van der Waals surface area contributed by atoms with Gasteiger partial charge in [0, 0.05) is 0 Å². The quantitative estimate of drug-likeness (QED) is 0.676.